The first kappa shape index (κ1) is 14.9. The summed E-state index contributed by atoms with van der Waals surface area (Å²) >= 11 is 2.91. The molecule has 6 heteroatoms. The fourth-order valence-electron chi connectivity index (χ4n) is 1.87. The standard InChI is InChI=1S/C14H17N3OS2/c1-8(10-4-6-11(19-3)7-5-10)16-13(18)12-9(2)17-14(15)20-12/h4-8H,1-3H3,(H2,15,17)(H,16,18). The van der Waals surface area contributed by atoms with Crippen LogP contribution in [0.3, 0.4) is 0 Å². The van der Waals surface area contributed by atoms with Crippen LogP contribution in [0.2, 0.25) is 0 Å². The van der Waals surface area contributed by atoms with Crippen molar-refractivity contribution >= 4 is 34.1 Å². The van der Waals surface area contributed by atoms with Gasteiger partial charge >= 0.3 is 0 Å². The Morgan fingerprint density at radius 1 is 1.40 bits per heavy atom. The molecule has 3 N–H and O–H groups in total. The van der Waals surface area contributed by atoms with Gasteiger partial charge in [0.15, 0.2) is 5.13 Å². The molecule has 0 saturated heterocycles. The summed E-state index contributed by atoms with van der Waals surface area (Å²) in [5.41, 5.74) is 7.37. The lowest BCUT2D eigenvalue weighted by Gasteiger charge is -2.14. The van der Waals surface area contributed by atoms with Crippen molar-refractivity contribution in [3.05, 3.63) is 40.4 Å². The van der Waals surface area contributed by atoms with Crippen molar-refractivity contribution in [3.8, 4) is 0 Å². The molecule has 0 saturated carbocycles. The molecule has 1 atom stereocenters. The zero-order valence-corrected chi connectivity index (χ0v) is 13.3. The smallest absolute Gasteiger partial charge is 0.263 e. The van der Waals surface area contributed by atoms with Gasteiger partial charge in [-0.25, -0.2) is 4.98 Å². The van der Waals surface area contributed by atoms with Gasteiger partial charge in [-0.1, -0.05) is 23.5 Å². The van der Waals surface area contributed by atoms with Crippen LogP contribution < -0.4 is 11.1 Å². The number of benzene rings is 1. The molecule has 0 spiro atoms. The molecular formula is C14H17N3OS2. The molecule has 1 unspecified atom stereocenters. The zero-order chi connectivity index (χ0) is 14.7. The van der Waals surface area contributed by atoms with E-state index in [2.05, 4.69) is 22.4 Å². The maximum Gasteiger partial charge on any atom is 0.263 e. The van der Waals surface area contributed by atoms with Gasteiger partial charge in [0.25, 0.3) is 5.91 Å². The van der Waals surface area contributed by atoms with E-state index in [0.717, 1.165) is 5.56 Å². The third kappa shape index (κ3) is 3.32. The number of aromatic nitrogens is 1. The molecule has 0 aliphatic carbocycles. The highest BCUT2D eigenvalue weighted by Crippen LogP contribution is 2.22. The topological polar surface area (TPSA) is 68.0 Å². The molecule has 0 bridgehead atoms. The Morgan fingerprint density at radius 2 is 2.05 bits per heavy atom. The minimum absolute atomic E-state index is 0.0545. The van der Waals surface area contributed by atoms with Gasteiger partial charge in [-0.3, -0.25) is 4.79 Å². The lowest BCUT2D eigenvalue weighted by molar-refractivity contribution is 0.0943. The van der Waals surface area contributed by atoms with Crippen LogP contribution in [-0.2, 0) is 0 Å². The van der Waals surface area contributed by atoms with E-state index in [1.54, 1.807) is 18.7 Å². The second-order valence-corrected chi connectivity index (χ2v) is 6.35. The number of carbonyl (C=O) groups is 1. The number of amides is 1. The van der Waals surface area contributed by atoms with Crippen LogP contribution in [0, 0.1) is 6.92 Å². The summed E-state index contributed by atoms with van der Waals surface area (Å²) in [4.78, 5) is 18.0. The Balaban J connectivity index is 2.08. The minimum Gasteiger partial charge on any atom is -0.375 e. The highest BCUT2D eigenvalue weighted by atomic mass is 32.2. The first-order valence-corrected chi connectivity index (χ1v) is 8.23. The number of thiazole rings is 1. The summed E-state index contributed by atoms with van der Waals surface area (Å²) in [6.45, 7) is 3.76. The molecule has 0 aliphatic heterocycles. The Labute approximate surface area is 126 Å². The van der Waals surface area contributed by atoms with E-state index in [1.807, 2.05) is 25.3 Å². The Kier molecular flexibility index (Phi) is 4.67. The number of nitrogens with zero attached hydrogens (tertiary/aromatic N) is 1. The van der Waals surface area contributed by atoms with E-state index in [9.17, 15) is 4.79 Å². The van der Waals surface area contributed by atoms with E-state index in [0.29, 0.717) is 15.7 Å². The molecule has 1 heterocycles. The zero-order valence-electron chi connectivity index (χ0n) is 11.6. The normalized spacial score (nSPS) is 12.2. The van der Waals surface area contributed by atoms with Crippen molar-refractivity contribution < 1.29 is 4.79 Å². The second kappa shape index (κ2) is 6.28. The van der Waals surface area contributed by atoms with Gasteiger partial charge in [0.05, 0.1) is 11.7 Å². The van der Waals surface area contributed by atoms with Gasteiger partial charge < -0.3 is 11.1 Å². The average Bonchev–Trinajstić information content (AvgIpc) is 2.78. The maximum absolute atomic E-state index is 12.2. The molecule has 2 aromatic rings. The van der Waals surface area contributed by atoms with Crippen LogP contribution in [0.25, 0.3) is 0 Å². The number of anilines is 1. The van der Waals surface area contributed by atoms with Crippen molar-refractivity contribution in [2.75, 3.05) is 12.0 Å². The fraction of sp³-hybridized carbons (Fsp3) is 0.286. The van der Waals surface area contributed by atoms with Gasteiger partial charge in [0.1, 0.15) is 4.88 Å². The van der Waals surface area contributed by atoms with Crippen molar-refractivity contribution in [1.29, 1.82) is 0 Å². The Bertz CT molecular complexity index is 607. The molecule has 20 heavy (non-hydrogen) atoms. The first-order valence-electron chi connectivity index (χ1n) is 6.19. The van der Waals surface area contributed by atoms with Crippen LogP contribution in [-0.4, -0.2) is 17.1 Å². The Morgan fingerprint density at radius 3 is 2.55 bits per heavy atom. The SMILES string of the molecule is CSc1ccc(C(C)NC(=O)c2sc(N)nc2C)cc1. The predicted octanol–water partition coefficient (Wildman–Crippen LogP) is 3.25. The molecule has 0 fully saturated rings. The van der Waals surface area contributed by atoms with Crippen LogP contribution in [0.4, 0.5) is 5.13 Å². The van der Waals surface area contributed by atoms with Gasteiger partial charge in [-0.05, 0) is 37.8 Å². The molecule has 4 nitrogen and oxygen atoms in total. The van der Waals surface area contributed by atoms with Crippen molar-refractivity contribution in [2.45, 2.75) is 24.8 Å². The number of carbonyl (C=O) groups excluding carboxylic acids is 1. The third-order valence-corrected chi connectivity index (χ3v) is 4.71. The lowest BCUT2D eigenvalue weighted by Crippen LogP contribution is -2.26. The number of nitrogen functional groups attached to an aromatic ring is 1. The number of nitrogens with two attached hydrogens (primary N) is 1. The van der Waals surface area contributed by atoms with Gasteiger partial charge in [0.2, 0.25) is 0 Å². The van der Waals surface area contributed by atoms with Gasteiger partial charge in [-0.15, -0.1) is 11.8 Å². The van der Waals surface area contributed by atoms with Crippen molar-refractivity contribution in [3.63, 3.8) is 0 Å². The molecule has 0 aliphatic rings. The highest BCUT2D eigenvalue weighted by Gasteiger charge is 2.16. The van der Waals surface area contributed by atoms with Crippen molar-refractivity contribution in [2.24, 2.45) is 0 Å². The monoisotopic (exact) mass is 307 g/mol. The lowest BCUT2D eigenvalue weighted by atomic mass is 10.1. The Hall–Kier alpha value is -1.53. The number of nitrogens with one attached hydrogen (secondary N) is 1. The number of hydrogen-bond acceptors (Lipinski definition) is 5. The van der Waals surface area contributed by atoms with Gasteiger partial charge in [-0.2, -0.15) is 0 Å². The number of hydrogen-bond donors (Lipinski definition) is 2. The molecule has 1 amide bonds. The largest absolute Gasteiger partial charge is 0.375 e. The summed E-state index contributed by atoms with van der Waals surface area (Å²) in [6, 6.07) is 8.12. The molecule has 1 aromatic carbocycles. The fourth-order valence-corrected chi connectivity index (χ4v) is 3.01. The summed E-state index contributed by atoms with van der Waals surface area (Å²) in [5.74, 6) is -0.127. The van der Waals surface area contributed by atoms with Crippen LogP contribution in [0.15, 0.2) is 29.2 Å². The van der Waals surface area contributed by atoms with E-state index >= 15 is 0 Å². The van der Waals surface area contributed by atoms with Crippen LogP contribution in [0.1, 0.15) is 33.9 Å². The molecule has 1 aromatic heterocycles. The second-order valence-electron chi connectivity index (χ2n) is 4.43. The molecule has 2 rings (SSSR count). The highest BCUT2D eigenvalue weighted by molar-refractivity contribution is 7.98. The summed E-state index contributed by atoms with van der Waals surface area (Å²) in [7, 11) is 0. The maximum atomic E-state index is 12.2. The molecule has 0 radical (unpaired) electrons. The number of thioether (sulfide) groups is 1. The van der Waals surface area contributed by atoms with Crippen LogP contribution >= 0.6 is 23.1 Å². The summed E-state index contributed by atoms with van der Waals surface area (Å²) in [5, 5.41) is 3.39. The predicted molar refractivity (Wildman–Crippen MR) is 85.4 cm³/mol. The van der Waals surface area contributed by atoms with Gasteiger partial charge in [0, 0.05) is 4.90 Å². The van der Waals surface area contributed by atoms with Crippen LogP contribution in [0.5, 0.6) is 0 Å². The third-order valence-electron chi connectivity index (χ3n) is 2.98. The average molecular weight is 307 g/mol. The first-order chi connectivity index (χ1) is 9.51. The number of rotatable bonds is 4. The van der Waals surface area contributed by atoms with Crippen molar-refractivity contribution in [1.82, 2.24) is 10.3 Å². The quantitative estimate of drug-likeness (QED) is 0.851. The van der Waals surface area contributed by atoms with E-state index < -0.39 is 0 Å². The van der Waals surface area contributed by atoms with E-state index in [4.69, 9.17) is 5.73 Å². The summed E-state index contributed by atoms with van der Waals surface area (Å²) < 4.78 is 0. The van der Waals surface area contributed by atoms with E-state index in [1.165, 1.54) is 16.2 Å². The molecular weight excluding hydrogens is 290 g/mol. The number of aryl methyl sites for hydroxylation is 1. The van der Waals surface area contributed by atoms with E-state index in [-0.39, 0.29) is 11.9 Å². The summed E-state index contributed by atoms with van der Waals surface area (Å²) in [6.07, 6.45) is 2.04. The minimum atomic E-state index is -0.127. The molecule has 106 valence electrons.